The first-order valence-electron chi connectivity index (χ1n) is 11.9. The van der Waals surface area contributed by atoms with E-state index in [9.17, 15) is 18.0 Å². The number of aryl methyl sites for hydroxylation is 1. The Balaban J connectivity index is 1.64. The molecule has 2 aliphatic carbocycles. The third-order valence-electron chi connectivity index (χ3n) is 6.76. The van der Waals surface area contributed by atoms with Crippen LogP contribution in [-0.4, -0.2) is 46.6 Å². The second kappa shape index (κ2) is 9.36. The SMILES string of the molecule is CCc1nn(-c2ccc(C(N)=O)c(N[C@H]3CC[C@H](OS(=O)(=O)O)CC3)c2)c2c1C(=O)CC(C)(C)C2. The van der Waals surface area contributed by atoms with Gasteiger partial charge in [0.25, 0.3) is 5.91 Å². The Morgan fingerprint density at radius 1 is 1.26 bits per heavy atom. The van der Waals surface area contributed by atoms with Crippen molar-refractivity contribution in [3.05, 3.63) is 40.7 Å². The molecule has 1 saturated carbocycles. The van der Waals surface area contributed by atoms with Crippen molar-refractivity contribution in [2.75, 3.05) is 5.32 Å². The Morgan fingerprint density at radius 2 is 1.94 bits per heavy atom. The van der Waals surface area contributed by atoms with Gasteiger partial charge >= 0.3 is 10.4 Å². The molecule has 0 radical (unpaired) electrons. The fraction of sp³-hybridized carbons (Fsp3) is 0.542. The Morgan fingerprint density at radius 3 is 2.54 bits per heavy atom. The van der Waals surface area contributed by atoms with E-state index in [1.807, 2.05) is 13.0 Å². The first kappa shape index (κ1) is 25.3. The van der Waals surface area contributed by atoms with E-state index in [2.05, 4.69) is 19.2 Å². The van der Waals surface area contributed by atoms with Crippen molar-refractivity contribution in [3.8, 4) is 5.69 Å². The molecule has 11 heteroatoms. The van der Waals surface area contributed by atoms with Crippen molar-refractivity contribution in [3.63, 3.8) is 0 Å². The van der Waals surface area contributed by atoms with Crippen molar-refractivity contribution < 1.29 is 26.7 Å². The van der Waals surface area contributed by atoms with Crippen LogP contribution in [0.2, 0.25) is 0 Å². The van der Waals surface area contributed by atoms with E-state index >= 15 is 0 Å². The quantitative estimate of drug-likeness (QED) is 0.486. The zero-order valence-electron chi connectivity index (χ0n) is 20.2. The summed E-state index contributed by atoms with van der Waals surface area (Å²) < 4.78 is 37.4. The molecule has 4 N–H and O–H groups in total. The summed E-state index contributed by atoms with van der Waals surface area (Å²) in [4.78, 5) is 25.1. The Kier molecular flexibility index (Phi) is 6.78. The molecular weight excluding hydrogens is 472 g/mol. The number of carbonyl (C=O) groups is 2. The number of hydrogen-bond donors (Lipinski definition) is 3. The Hall–Kier alpha value is -2.76. The fourth-order valence-corrected chi connectivity index (χ4v) is 5.72. The van der Waals surface area contributed by atoms with Gasteiger partial charge in [-0.05, 0) is 62.1 Å². The Bertz CT molecular complexity index is 1260. The van der Waals surface area contributed by atoms with Gasteiger partial charge < -0.3 is 11.1 Å². The van der Waals surface area contributed by atoms with Gasteiger partial charge in [-0.25, -0.2) is 8.86 Å². The molecule has 1 aromatic heterocycles. The van der Waals surface area contributed by atoms with E-state index in [4.69, 9.17) is 19.6 Å². The molecule has 0 atom stereocenters. The van der Waals surface area contributed by atoms with Crippen LogP contribution in [0.5, 0.6) is 0 Å². The summed E-state index contributed by atoms with van der Waals surface area (Å²) in [5, 5.41) is 8.13. The summed E-state index contributed by atoms with van der Waals surface area (Å²) in [6.07, 6.45) is 3.30. The zero-order valence-corrected chi connectivity index (χ0v) is 21.0. The first-order chi connectivity index (χ1) is 16.4. The summed E-state index contributed by atoms with van der Waals surface area (Å²) >= 11 is 0. The molecule has 2 aromatic rings. The molecule has 190 valence electrons. The van der Waals surface area contributed by atoms with Gasteiger partial charge in [0.2, 0.25) is 0 Å². The average molecular weight is 505 g/mol. The second-order valence-electron chi connectivity index (χ2n) is 10.2. The molecule has 0 unspecified atom stereocenters. The van der Waals surface area contributed by atoms with Gasteiger partial charge in [-0.2, -0.15) is 13.5 Å². The van der Waals surface area contributed by atoms with Crippen LogP contribution >= 0.6 is 0 Å². The maximum absolute atomic E-state index is 12.9. The highest BCUT2D eigenvalue weighted by Crippen LogP contribution is 2.38. The minimum Gasteiger partial charge on any atom is -0.382 e. The number of amides is 1. The number of nitrogens with two attached hydrogens (primary N) is 1. The van der Waals surface area contributed by atoms with Gasteiger partial charge in [0.05, 0.1) is 34.3 Å². The molecule has 0 aliphatic heterocycles. The molecule has 1 aromatic carbocycles. The first-order valence-corrected chi connectivity index (χ1v) is 13.2. The number of anilines is 1. The van der Waals surface area contributed by atoms with Crippen LogP contribution in [0.1, 0.15) is 85.0 Å². The molecular formula is C24H32N4O6S. The topological polar surface area (TPSA) is 154 Å². The van der Waals surface area contributed by atoms with Crippen LogP contribution in [0.25, 0.3) is 5.69 Å². The van der Waals surface area contributed by atoms with Crippen molar-refractivity contribution in [1.29, 1.82) is 0 Å². The van der Waals surface area contributed by atoms with Crippen LogP contribution in [0.15, 0.2) is 18.2 Å². The highest BCUT2D eigenvalue weighted by Gasteiger charge is 2.36. The van der Waals surface area contributed by atoms with Crippen LogP contribution in [-0.2, 0) is 27.4 Å². The van der Waals surface area contributed by atoms with Crippen LogP contribution < -0.4 is 11.1 Å². The van der Waals surface area contributed by atoms with Crippen molar-refractivity contribution >= 4 is 27.8 Å². The molecule has 1 heterocycles. The van der Waals surface area contributed by atoms with Gasteiger partial charge in [0.15, 0.2) is 5.78 Å². The normalized spacial score (nSPS) is 22.0. The van der Waals surface area contributed by atoms with Crippen molar-refractivity contribution in [1.82, 2.24) is 9.78 Å². The number of nitrogens with zero attached hydrogens (tertiary/aromatic N) is 2. The molecule has 0 bridgehead atoms. The van der Waals surface area contributed by atoms with E-state index in [0.717, 1.165) is 17.1 Å². The minimum atomic E-state index is -4.49. The summed E-state index contributed by atoms with van der Waals surface area (Å²) in [6, 6.07) is 5.21. The third-order valence-corrected chi connectivity index (χ3v) is 7.27. The van der Waals surface area contributed by atoms with Gasteiger partial charge in [-0.15, -0.1) is 0 Å². The summed E-state index contributed by atoms with van der Waals surface area (Å²) in [5.74, 6) is -0.467. The van der Waals surface area contributed by atoms with Gasteiger partial charge in [-0.3, -0.25) is 14.1 Å². The zero-order chi connectivity index (χ0) is 25.5. The number of aromatic nitrogens is 2. The maximum atomic E-state index is 12.9. The van der Waals surface area contributed by atoms with E-state index in [1.54, 1.807) is 16.8 Å². The third kappa shape index (κ3) is 5.57. The standard InChI is InChI=1S/C24H32N4O6S/c1-4-18-22-20(12-24(2,3)13-21(22)29)28(27-18)15-7-10-17(23(25)30)19(11-15)26-14-5-8-16(9-6-14)34-35(31,32)33/h7,10-11,14,16,26H,4-6,8-9,12-13H2,1-3H3,(H2,25,30)(H,31,32,33)/t14-,16-. The van der Waals surface area contributed by atoms with E-state index in [-0.39, 0.29) is 17.2 Å². The minimum absolute atomic E-state index is 0.0390. The number of ketones is 1. The van der Waals surface area contributed by atoms with Gasteiger partial charge in [-0.1, -0.05) is 20.8 Å². The lowest BCUT2D eigenvalue weighted by molar-refractivity contribution is 0.0909. The number of nitrogens with one attached hydrogen (secondary N) is 1. The number of hydrogen-bond acceptors (Lipinski definition) is 7. The number of primary amides is 1. The van der Waals surface area contributed by atoms with E-state index in [1.165, 1.54) is 0 Å². The van der Waals surface area contributed by atoms with Gasteiger partial charge in [0, 0.05) is 18.2 Å². The highest BCUT2D eigenvalue weighted by atomic mass is 32.3. The van der Waals surface area contributed by atoms with Crippen LogP contribution in [0, 0.1) is 5.41 Å². The lowest BCUT2D eigenvalue weighted by Gasteiger charge is -2.30. The number of carbonyl (C=O) groups excluding carboxylic acids is 2. The smallest absolute Gasteiger partial charge is 0.382 e. The Labute approximate surface area is 205 Å². The van der Waals surface area contributed by atoms with E-state index in [0.29, 0.717) is 61.8 Å². The van der Waals surface area contributed by atoms with Crippen molar-refractivity contribution in [2.24, 2.45) is 11.1 Å². The molecule has 35 heavy (non-hydrogen) atoms. The number of fused-ring (bicyclic) bond motifs is 1. The monoisotopic (exact) mass is 504 g/mol. The molecule has 0 spiro atoms. The molecule has 2 aliphatic rings. The second-order valence-corrected chi connectivity index (χ2v) is 11.3. The van der Waals surface area contributed by atoms with Gasteiger partial charge in [0.1, 0.15) is 0 Å². The van der Waals surface area contributed by atoms with Crippen LogP contribution in [0.4, 0.5) is 5.69 Å². The largest absolute Gasteiger partial charge is 0.397 e. The predicted octanol–water partition coefficient (Wildman–Crippen LogP) is 3.23. The number of Topliss-reactive ketones (excluding diaryl/α,β-unsaturated/α-hetero) is 1. The molecule has 0 saturated heterocycles. The summed E-state index contributed by atoms with van der Waals surface area (Å²) in [6.45, 7) is 6.12. The predicted molar refractivity (Wildman–Crippen MR) is 130 cm³/mol. The summed E-state index contributed by atoms with van der Waals surface area (Å²) in [7, 11) is -4.49. The van der Waals surface area contributed by atoms with E-state index < -0.39 is 22.4 Å². The lowest BCUT2D eigenvalue weighted by atomic mass is 9.75. The summed E-state index contributed by atoms with van der Waals surface area (Å²) in [5.41, 5.74) is 9.42. The lowest BCUT2D eigenvalue weighted by Crippen LogP contribution is -2.31. The highest BCUT2D eigenvalue weighted by molar-refractivity contribution is 7.80. The number of rotatable bonds is 7. The average Bonchev–Trinajstić information content (AvgIpc) is 3.11. The molecule has 1 amide bonds. The van der Waals surface area contributed by atoms with Crippen molar-refractivity contribution in [2.45, 2.75) is 77.9 Å². The number of benzene rings is 1. The van der Waals surface area contributed by atoms with Crippen LogP contribution in [0.3, 0.4) is 0 Å². The fourth-order valence-electron chi connectivity index (χ4n) is 5.18. The maximum Gasteiger partial charge on any atom is 0.397 e. The molecule has 4 rings (SSSR count). The molecule has 1 fully saturated rings. The molecule has 10 nitrogen and oxygen atoms in total.